The number of carbonyl (C=O) groups is 1. The SMILES string of the molecule is COCCSC(C(=O)NCC(C)C)C(O)C(N)Cc1cc(F)cc(F)c1. The number of amides is 1. The van der Waals surface area contributed by atoms with Crippen LogP contribution in [0.4, 0.5) is 8.78 Å². The number of benzene rings is 1. The molecule has 0 fully saturated rings. The fourth-order valence-electron chi connectivity index (χ4n) is 2.34. The van der Waals surface area contributed by atoms with Crippen LogP contribution in [-0.2, 0) is 16.0 Å². The predicted octanol–water partition coefficient (Wildman–Crippen LogP) is 1.72. The highest BCUT2D eigenvalue weighted by atomic mass is 32.2. The Morgan fingerprint density at radius 3 is 2.46 bits per heavy atom. The Labute approximate surface area is 157 Å². The average Bonchev–Trinajstić information content (AvgIpc) is 2.55. The number of aliphatic hydroxyl groups is 1. The molecule has 0 aliphatic rings. The fraction of sp³-hybridized carbons (Fsp3) is 0.611. The molecular formula is C18H28F2N2O3S. The van der Waals surface area contributed by atoms with E-state index in [1.54, 1.807) is 7.11 Å². The molecule has 5 nitrogen and oxygen atoms in total. The van der Waals surface area contributed by atoms with E-state index in [0.29, 0.717) is 24.5 Å². The standard InChI is InChI=1S/C18H28F2N2O3S/c1-11(2)10-22-18(24)17(26-5-4-25-3)16(23)15(21)8-12-6-13(19)9-14(20)7-12/h6-7,9,11,15-17,23H,4-5,8,10,21H2,1-3H3,(H,22,24). The lowest BCUT2D eigenvalue weighted by Crippen LogP contribution is -2.50. The van der Waals surface area contributed by atoms with E-state index in [-0.39, 0.29) is 18.2 Å². The summed E-state index contributed by atoms with van der Waals surface area (Å²) in [5, 5.41) is 12.6. The number of nitrogens with two attached hydrogens (primary N) is 1. The third-order valence-electron chi connectivity index (χ3n) is 3.67. The molecule has 0 aromatic heterocycles. The first-order chi connectivity index (χ1) is 12.2. The molecule has 26 heavy (non-hydrogen) atoms. The van der Waals surface area contributed by atoms with Crippen molar-refractivity contribution in [3.8, 4) is 0 Å². The monoisotopic (exact) mass is 390 g/mol. The Kier molecular flexibility index (Phi) is 10.1. The summed E-state index contributed by atoms with van der Waals surface area (Å²) < 4.78 is 31.6. The Morgan fingerprint density at radius 1 is 1.31 bits per heavy atom. The molecule has 148 valence electrons. The Hall–Kier alpha value is -1.22. The number of hydrogen-bond donors (Lipinski definition) is 3. The van der Waals surface area contributed by atoms with Gasteiger partial charge in [-0.05, 0) is 30.0 Å². The molecule has 1 aromatic rings. The molecule has 8 heteroatoms. The summed E-state index contributed by atoms with van der Waals surface area (Å²) in [6.45, 7) is 4.84. The number of rotatable bonds is 11. The Balaban J connectivity index is 2.80. The van der Waals surface area contributed by atoms with Gasteiger partial charge in [0, 0.05) is 31.5 Å². The van der Waals surface area contributed by atoms with Gasteiger partial charge in [-0.1, -0.05) is 13.8 Å². The van der Waals surface area contributed by atoms with Crippen molar-refractivity contribution in [1.29, 1.82) is 0 Å². The number of methoxy groups -OCH3 is 1. The summed E-state index contributed by atoms with van der Waals surface area (Å²) in [6.07, 6.45) is -1.12. The van der Waals surface area contributed by atoms with Gasteiger partial charge in [0.2, 0.25) is 5.91 Å². The molecule has 0 heterocycles. The maximum Gasteiger partial charge on any atom is 0.235 e. The van der Waals surface area contributed by atoms with Crippen LogP contribution < -0.4 is 11.1 Å². The summed E-state index contributed by atoms with van der Waals surface area (Å²) in [6, 6.07) is 2.26. The second-order valence-corrected chi connectivity index (χ2v) is 7.81. The third-order valence-corrected chi connectivity index (χ3v) is 4.92. The largest absolute Gasteiger partial charge is 0.390 e. The van der Waals surface area contributed by atoms with Crippen molar-refractivity contribution in [1.82, 2.24) is 5.32 Å². The van der Waals surface area contributed by atoms with E-state index in [9.17, 15) is 18.7 Å². The van der Waals surface area contributed by atoms with Gasteiger partial charge in [-0.3, -0.25) is 4.79 Å². The van der Waals surface area contributed by atoms with Crippen LogP contribution in [0.25, 0.3) is 0 Å². The van der Waals surface area contributed by atoms with Gasteiger partial charge in [0.05, 0.1) is 12.7 Å². The zero-order chi connectivity index (χ0) is 19.7. The first-order valence-corrected chi connectivity index (χ1v) is 9.56. The zero-order valence-corrected chi connectivity index (χ0v) is 16.2. The fourth-order valence-corrected chi connectivity index (χ4v) is 3.49. The molecule has 0 aliphatic carbocycles. The molecule has 0 saturated heterocycles. The predicted molar refractivity (Wildman–Crippen MR) is 100 cm³/mol. The van der Waals surface area contributed by atoms with Crippen LogP contribution >= 0.6 is 11.8 Å². The van der Waals surface area contributed by atoms with Crippen LogP contribution in [0, 0.1) is 17.6 Å². The second kappa shape index (κ2) is 11.5. The van der Waals surface area contributed by atoms with Crippen molar-refractivity contribution in [3.05, 3.63) is 35.4 Å². The highest BCUT2D eigenvalue weighted by molar-refractivity contribution is 8.00. The molecule has 0 saturated carbocycles. The van der Waals surface area contributed by atoms with E-state index in [4.69, 9.17) is 10.5 Å². The van der Waals surface area contributed by atoms with Crippen molar-refractivity contribution in [2.45, 2.75) is 37.7 Å². The molecule has 0 aliphatic heterocycles. The van der Waals surface area contributed by atoms with E-state index < -0.39 is 29.0 Å². The third kappa shape index (κ3) is 7.99. The van der Waals surface area contributed by atoms with Crippen LogP contribution in [0.1, 0.15) is 19.4 Å². The Morgan fingerprint density at radius 2 is 1.92 bits per heavy atom. The van der Waals surface area contributed by atoms with Crippen molar-refractivity contribution >= 4 is 17.7 Å². The molecule has 4 N–H and O–H groups in total. The summed E-state index contributed by atoms with van der Waals surface area (Å²) in [4.78, 5) is 12.4. The second-order valence-electron chi connectivity index (χ2n) is 6.56. The maximum absolute atomic E-state index is 13.3. The molecule has 1 rings (SSSR count). The minimum Gasteiger partial charge on any atom is -0.390 e. The molecule has 3 unspecified atom stereocenters. The summed E-state index contributed by atoms with van der Waals surface area (Å²) in [5.41, 5.74) is 6.36. The van der Waals surface area contributed by atoms with Crippen LogP contribution in [0.3, 0.4) is 0 Å². The van der Waals surface area contributed by atoms with Crippen LogP contribution in [0.5, 0.6) is 0 Å². The number of nitrogens with one attached hydrogen (secondary N) is 1. The zero-order valence-electron chi connectivity index (χ0n) is 15.4. The number of halogens is 2. The van der Waals surface area contributed by atoms with Gasteiger partial charge in [-0.2, -0.15) is 0 Å². The number of hydrogen-bond acceptors (Lipinski definition) is 5. The summed E-state index contributed by atoms with van der Waals surface area (Å²) in [7, 11) is 1.55. The van der Waals surface area contributed by atoms with Crippen molar-refractivity contribution in [3.63, 3.8) is 0 Å². The topological polar surface area (TPSA) is 84.6 Å². The van der Waals surface area contributed by atoms with E-state index in [1.807, 2.05) is 13.8 Å². The molecular weight excluding hydrogens is 362 g/mol. The molecule has 0 bridgehead atoms. The smallest absolute Gasteiger partial charge is 0.235 e. The quantitative estimate of drug-likeness (QED) is 0.501. The van der Waals surface area contributed by atoms with Crippen molar-refractivity contribution in [2.24, 2.45) is 11.7 Å². The lowest BCUT2D eigenvalue weighted by molar-refractivity contribution is -0.122. The summed E-state index contributed by atoms with van der Waals surface area (Å²) >= 11 is 1.24. The van der Waals surface area contributed by atoms with E-state index in [2.05, 4.69) is 5.32 Å². The van der Waals surface area contributed by atoms with Gasteiger partial charge in [0.1, 0.15) is 16.9 Å². The highest BCUT2D eigenvalue weighted by Gasteiger charge is 2.31. The normalized spacial score (nSPS) is 14.9. The molecule has 0 spiro atoms. The number of thioether (sulfide) groups is 1. The summed E-state index contributed by atoms with van der Waals surface area (Å²) in [5.74, 6) is -0.947. The van der Waals surface area contributed by atoms with E-state index in [1.165, 1.54) is 23.9 Å². The lowest BCUT2D eigenvalue weighted by Gasteiger charge is -2.27. The van der Waals surface area contributed by atoms with E-state index >= 15 is 0 Å². The van der Waals surface area contributed by atoms with Gasteiger partial charge in [0.15, 0.2) is 0 Å². The minimum atomic E-state index is -1.17. The number of ether oxygens (including phenoxy) is 1. The van der Waals surface area contributed by atoms with Gasteiger partial charge in [-0.15, -0.1) is 11.8 Å². The number of carbonyl (C=O) groups excluding carboxylic acids is 1. The van der Waals surface area contributed by atoms with E-state index in [0.717, 1.165) is 6.07 Å². The maximum atomic E-state index is 13.3. The molecule has 3 atom stereocenters. The first kappa shape index (κ1) is 22.8. The van der Waals surface area contributed by atoms with Crippen molar-refractivity contribution in [2.75, 3.05) is 26.0 Å². The van der Waals surface area contributed by atoms with Crippen LogP contribution in [0.2, 0.25) is 0 Å². The number of aliphatic hydroxyl groups excluding tert-OH is 1. The Bertz CT molecular complexity index is 555. The lowest BCUT2D eigenvalue weighted by atomic mass is 9.99. The first-order valence-electron chi connectivity index (χ1n) is 8.51. The molecule has 0 radical (unpaired) electrons. The molecule has 1 amide bonds. The minimum absolute atomic E-state index is 0.0502. The van der Waals surface area contributed by atoms with Gasteiger partial charge < -0.3 is 20.9 Å². The van der Waals surface area contributed by atoms with Crippen LogP contribution in [-0.4, -0.2) is 54.4 Å². The van der Waals surface area contributed by atoms with Gasteiger partial charge in [0.25, 0.3) is 0 Å². The van der Waals surface area contributed by atoms with Gasteiger partial charge >= 0.3 is 0 Å². The van der Waals surface area contributed by atoms with Crippen LogP contribution in [0.15, 0.2) is 18.2 Å². The molecule has 1 aromatic carbocycles. The average molecular weight is 390 g/mol. The van der Waals surface area contributed by atoms with Gasteiger partial charge in [-0.25, -0.2) is 8.78 Å². The van der Waals surface area contributed by atoms with Crippen molar-refractivity contribution < 1.29 is 23.4 Å². The highest BCUT2D eigenvalue weighted by Crippen LogP contribution is 2.20.